The molecule has 0 aromatic heterocycles. The molecular formula is C17H26ClN3O2. The lowest BCUT2D eigenvalue weighted by Gasteiger charge is -2.39. The molecule has 128 valence electrons. The van der Waals surface area contributed by atoms with Crippen LogP contribution in [0.3, 0.4) is 0 Å². The minimum absolute atomic E-state index is 0.00264. The number of nitrogens with zero attached hydrogens (tertiary/aromatic N) is 2. The molecule has 1 heterocycles. The maximum atomic E-state index is 12.2. The Morgan fingerprint density at radius 3 is 2.78 bits per heavy atom. The summed E-state index contributed by atoms with van der Waals surface area (Å²) < 4.78 is 0. The van der Waals surface area contributed by atoms with Crippen LogP contribution in [0.2, 0.25) is 5.02 Å². The maximum absolute atomic E-state index is 12.2. The Morgan fingerprint density at radius 2 is 2.09 bits per heavy atom. The highest BCUT2D eigenvalue weighted by atomic mass is 35.5. The molecule has 0 bridgehead atoms. The number of amides is 2. The molecule has 0 unspecified atom stereocenters. The van der Waals surface area contributed by atoms with Gasteiger partial charge in [0, 0.05) is 43.9 Å². The second kappa shape index (κ2) is 9.11. The van der Waals surface area contributed by atoms with Crippen LogP contribution in [-0.2, 0) is 6.42 Å². The monoisotopic (exact) mass is 339 g/mol. The van der Waals surface area contributed by atoms with Gasteiger partial charge in [0.15, 0.2) is 0 Å². The third-order valence-corrected chi connectivity index (χ3v) is 4.61. The first-order chi connectivity index (χ1) is 11.1. The van der Waals surface area contributed by atoms with E-state index in [9.17, 15) is 4.79 Å². The van der Waals surface area contributed by atoms with Crippen LogP contribution < -0.4 is 5.32 Å². The Morgan fingerprint density at radius 1 is 1.35 bits per heavy atom. The summed E-state index contributed by atoms with van der Waals surface area (Å²) in [5.74, 6) is 0. The first kappa shape index (κ1) is 18.0. The van der Waals surface area contributed by atoms with Gasteiger partial charge in [0.25, 0.3) is 0 Å². The zero-order chi connectivity index (χ0) is 16.7. The van der Waals surface area contributed by atoms with Crippen molar-refractivity contribution in [3.8, 4) is 0 Å². The molecule has 1 atom stereocenters. The van der Waals surface area contributed by atoms with E-state index in [0.29, 0.717) is 19.5 Å². The van der Waals surface area contributed by atoms with E-state index in [-0.39, 0.29) is 18.7 Å². The quantitative estimate of drug-likeness (QED) is 0.779. The summed E-state index contributed by atoms with van der Waals surface area (Å²) in [6.45, 7) is 3.09. The lowest BCUT2D eigenvalue weighted by atomic mass is 10.1. The van der Waals surface area contributed by atoms with Crippen molar-refractivity contribution in [2.75, 3.05) is 39.8 Å². The number of hydrogen-bond acceptors (Lipinski definition) is 3. The number of aliphatic hydroxyl groups excluding tert-OH is 1. The Labute approximate surface area is 143 Å². The van der Waals surface area contributed by atoms with Crippen molar-refractivity contribution in [3.05, 3.63) is 34.9 Å². The largest absolute Gasteiger partial charge is 0.396 e. The Bertz CT molecular complexity index is 495. The van der Waals surface area contributed by atoms with Crippen molar-refractivity contribution in [1.82, 2.24) is 15.1 Å². The highest BCUT2D eigenvalue weighted by molar-refractivity contribution is 6.30. The summed E-state index contributed by atoms with van der Waals surface area (Å²) in [5, 5.41) is 12.8. The van der Waals surface area contributed by atoms with Crippen LogP contribution in [0.1, 0.15) is 18.4 Å². The molecular weight excluding hydrogens is 314 g/mol. The van der Waals surface area contributed by atoms with E-state index < -0.39 is 0 Å². The second-order valence-corrected chi connectivity index (χ2v) is 6.49. The fourth-order valence-corrected chi connectivity index (χ4v) is 2.97. The third-order valence-electron chi connectivity index (χ3n) is 4.36. The standard InChI is InChI=1S/C17H26ClN3O2/c1-20-10-11-21(13-16(20)8-12-22)17(23)19-9-2-3-14-4-6-15(18)7-5-14/h4-7,16,22H,2-3,8-13H2,1H3,(H,19,23)/t16-/m1/s1. The summed E-state index contributed by atoms with van der Waals surface area (Å²) in [6.07, 6.45) is 2.53. The third kappa shape index (κ3) is 5.68. The first-order valence-electron chi connectivity index (χ1n) is 8.18. The predicted molar refractivity (Wildman–Crippen MR) is 92.9 cm³/mol. The number of aryl methyl sites for hydroxylation is 1. The van der Waals surface area contributed by atoms with Gasteiger partial charge in [-0.1, -0.05) is 23.7 Å². The minimum Gasteiger partial charge on any atom is -0.396 e. The number of carbonyl (C=O) groups excluding carboxylic acids is 1. The van der Waals surface area contributed by atoms with E-state index in [4.69, 9.17) is 16.7 Å². The molecule has 2 N–H and O–H groups in total. The van der Waals surface area contributed by atoms with Gasteiger partial charge in [0.2, 0.25) is 0 Å². The number of hydrogen-bond donors (Lipinski definition) is 2. The lowest BCUT2D eigenvalue weighted by Crippen LogP contribution is -2.55. The normalized spacial score (nSPS) is 18.9. The fourth-order valence-electron chi connectivity index (χ4n) is 2.84. The van der Waals surface area contributed by atoms with Gasteiger partial charge in [-0.15, -0.1) is 0 Å². The van der Waals surface area contributed by atoms with Crippen molar-refractivity contribution < 1.29 is 9.90 Å². The van der Waals surface area contributed by atoms with Gasteiger partial charge in [0.05, 0.1) is 0 Å². The Kier molecular flexibility index (Phi) is 7.15. The van der Waals surface area contributed by atoms with Crippen LogP contribution in [0.25, 0.3) is 0 Å². The van der Waals surface area contributed by atoms with E-state index >= 15 is 0 Å². The second-order valence-electron chi connectivity index (χ2n) is 6.05. The zero-order valence-corrected chi connectivity index (χ0v) is 14.4. The average molecular weight is 340 g/mol. The molecule has 0 saturated carbocycles. The number of aliphatic hydroxyl groups is 1. The summed E-state index contributed by atoms with van der Waals surface area (Å²) in [4.78, 5) is 16.3. The van der Waals surface area contributed by atoms with Gasteiger partial charge in [-0.25, -0.2) is 4.79 Å². The van der Waals surface area contributed by atoms with Crippen molar-refractivity contribution in [2.24, 2.45) is 0 Å². The van der Waals surface area contributed by atoms with Crippen molar-refractivity contribution in [2.45, 2.75) is 25.3 Å². The van der Waals surface area contributed by atoms with Gasteiger partial charge in [-0.3, -0.25) is 4.90 Å². The molecule has 6 heteroatoms. The predicted octanol–water partition coefficient (Wildman–Crippen LogP) is 1.98. The summed E-state index contributed by atoms with van der Waals surface area (Å²) >= 11 is 5.86. The minimum atomic E-state index is -0.00264. The van der Waals surface area contributed by atoms with Crippen LogP contribution in [-0.4, -0.2) is 66.8 Å². The van der Waals surface area contributed by atoms with E-state index in [1.54, 1.807) is 0 Å². The van der Waals surface area contributed by atoms with Crippen LogP contribution in [0.4, 0.5) is 4.79 Å². The van der Waals surface area contributed by atoms with Crippen LogP contribution in [0.5, 0.6) is 0 Å². The highest BCUT2D eigenvalue weighted by Crippen LogP contribution is 2.12. The molecule has 5 nitrogen and oxygen atoms in total. The molecule has 0 spiro atoms. The topological polar surface area (TPSA) is 55.8 Å². The summed E-state index contributed by atoms with van der Waals surface area (Å²) in [7, 11) is 2.04. The lowest BCUT2D eigenvalue weighted by molar-refractivity contribution is 0.0928. The summed E-state index contributed by atoms with van der Waals surface area (Å²) in [5.41, 5.74) is 1.23. The molecule has 1 aromatic rings. The van der Waals surface area contributed by atoms with Crippen molar-refractivity contribution in [1.29, 1.82) is 0 Å². The van der Waals surface area contributed by atoms with Crippen LogP contribution >= 0.6 is 11.6 Å². The van der Waals surface area contributed by atoms with Crippen LogP contribution in [0, 0.1) is 0 Å². The number of piperazine rings is 1. The number of nitrogens with one attached hydrogen (secondary N) is 1. The number of carbonyl (C=O) groups is 1. The van der Waals surface area contributed by atoms with Crippen molar-refractivity contribution >= 4 is 17.6 Å². The molecule has 1 aromatic carbocycles. The van der Waals surface area contributed by atoms with Gasteiger partial charge in [-0.05, 0) is 44.0 Å². The highest BCUT2D eigenvalue weighted by Gasteiger charge is 2.26. The maximum Gasteiger partial charge on any atom is 0.317 e. The molecule has 2 rings (SSSR count). The molecule has 1 saturated heterocycles. The van der Waals surface area contributed by atoms with Gasteiger partial charge in [0.1, 0.15) is 0 Å². The van der Waals surface area contributed by atoms with Crippen molar-refractivity contribution in [3.63, 3.8) is 0 Å². The molecule has 1 fully saturated rings. The molecule has 0 aliphatic carbocycles. The summed E-state index contributed by atoms with van der Waals surface area (Å²) in [6, 6.07) is 8.06. The van der Waals surface area contributed by atoms with Crippen LogP contribution in [0.15, 0.2) is 24.3 Å². The SMILES string of the molecule is CN1CCN(C(=O)NCCCc2ccc(Cl)cc2)C[C@H]1CCO. The number of halogens is 1. The molecule has 23 heavy (non-hydrogen) atoms. The molecule has 1 aliphatic heterocycles. The number of benzene rings is 1. The Hall–Kier alpha value is -1.30. The number of rotatable bonds is 6. The van der Waals surface area contributed by atoms with Gasteiger partial charge < -0.3 is 15.3 Å². The molecule has 1 aliphatic rings. The van der Waals surface area contributed by atoms with E-state index in [0.717, 1.165) is 31.0 Å². The van der Waals surface area contributed by atoms with E-state index in [1.165, 1.54) is 5.56 Å². The van der Waals surface area contributed by atoms with E-state index in [2.05, 4.69) is 10.2 Å². The Balaban J connectivity index is 1.69. The van der Waals surface area contributed by atoms with E-state index in [1.807, 2.05) is 36.2 Å². The smallest absolute Gasteiger partial charge is 0.317 e. The number of urea groups is 1. The van der Waals surface area contributed by atoms with Gasteiger partial charge in [-0.2, -0.15) is 0 Å². The zero-order valence-electron chi connectivity index (χ0n) is 13.7. The molecule has 0 radical (unpaired) electrons. The van der Waals surface area contributed by atoms with Gasteiger partial charge >= 0.3 is 6.03 Å². The molecule has 2 amide bonds. The number of likely N-dealkylation sites (N-methyl/N-ethyl adjacent to an activating group) is 1. The average Bonchev–Trinajstić information content (AvgIpc) is 2.55. The first-order valence-corrected chi connectivity index (χ1v) is 8.56. The fraction of sp³-hybridized carbons (Fsp3) is 0.588.